The molecule has 1 aliphatic heterocycles. The molecule has 1 aromatic heterocycles. The van der Waals surface area contributed by atoms with E-state index < -0.39 is 0 Å². The molecule has 0 unspecified atom stereocenters. The second kappa shape index (κ2) is 6.83. The van der Waals surface area contributed by atoms with E-state index in [1.807, 2.05) is 12.1 Å². The van der Waals surface area contributed by atoms with Gasteiger partial charge in [0.2, 0.25) is 0 Å². The molecule has 0 aliphatic carbocycles. The van der Waals surface area contributed by atoms with Gasteiger partial charge >= 0.3 is 0 Å². The Labute approximate surface area is 134 Å². The van der Waals surface area contributed by atoms with Crippen LogP contribution in [-0.4, -0.2) is 56.2 Å². The number of piperazine rings is 1. The number of nitrogens with one attached hydrogen (secondary N) is 1. The van der Waals surface area contributed by atoms with E-state index in [0.29, 0.717) is 23.8 Å². The van der Waals surface area contributed by atoms with Crippen molar-refractivity contribution in [2.45, 2.75) is 6.42 Å². The zero-order valence-corrected chi connectivity index (χ0v) is 13.2. The number of nitrogens with zero attached hydrogens (tertiary/aromatic N) is 2. The molecule has 1 aliphatic rings. The van der Waals surface area contributed by atoms with Crippen molar-refractivity contribution in [1.82, 2.24) is 9.88 Å². The maximum Gasteiger partial charge on any atom is 0.293 e. The first-order valence-electron chi connectivity index (χ1n) is 7.82. The number of benzene rings is 1. The number of likely N-dealkylation sites (N-methyl/N-ethyl adjacent to an activating group) is 1. The fourth-order valence-corrected chi connectivity index (χ4v) is 2.91. The first-order chi connectivity index (χ1) is 11.2. The molecule has 1 aromatic carbocycles. The van der Waals surface area contributed by atoms with Crippen molar-refractivity contribution in [2.24, 2.45) is 0 Å². The lowest BCUT2D eigenvalue weighted by Crippen LogP contribution is -2.44. The van der Waals surface area contributed by atoms with E-state index in [1.165, 1.54) is 0 Å². The van der Waals surface area contributed by atoms with Gasteiger partial charge < -0.3 is 19.5 Å². The second-order valence-corrected chi connectivity index (χ2v) is 5.88. The Bertz CT molecular complexity index is 748. The van der Waals surface area contributed by atoms with Crippen LogP contribution >= 0.6 is 0 Å². The minimum absolute atomic E-state index is 0.00391. The van der Waals surface area contributed by atoms with Gasteiger partial charge in [0.05, 0.1) is 6.61 Å². The van der Waals surface area contributed by atoms with E-state index in [2.05, 4.69) is 32.6 Å². The molecule has 0 radical (unpaired) electrons. The van der Waals surface area contributed by atoms with Crippen LogP contribution in [0.15, 0.2) is 29.2 Å². The number of ether oxygens (including phenoxy) is 1. The molecule has 0 bridgehead atoms. The van der Waals surface area contributed by atoms with E-state index in [1.54, 1.807) is 6.20 Å². The van der Waals surface area contributed by atoms with Crippen LogP contribution in [0.1, 0.15) is 5.56 Å². The molecule has 1 N–H and O–H groups in total. The number of hydrogen-bond donors (Lipinski definition) is 1. The molecule has 122 valence electrons. The Hall–Kier alpha value is -2.34. The van der Waals surface area contributed by atoms with Gasteiger partial charge in [-0.2, -0.15) is 0 Å². The largest absolute Gasteiger partial charge is 0.468 e. The second-order valence-electron chi connectivity index (χ2n) is 5.88. The third-order valence-electron chi connectivity index (χ3n) is 4.37. The molecule has 1 fully saturated rings. The number of rotatable bonds is 5. The quantitative estimate of drug-likeness (QED) is 0.658. The van der Waals surface area contributed by atoms with E-state index in [0.717, 1.165) is 37.4 Å². The Morgan fingerprint density at radius 3 is 2.78 bits per heavy atom. The molecular formula is C17H21N3O3. The number of carbonyl (C=O) groups excluding carboxylic acids is 1. The van der Waals surface area contributed by atoms with Crippen LogP contribution in [0.4, 0.5) is 5.69 Å². The number of aromatic amines is 1. The lowest BCUT2D eigenvalue weighted by atomic mass is 10.1. The van der Waals surface area contributed by atoms with Gasteiger partial charge in [-0.25, -0.2) is 0 Å². The highest BCUT2D eigenvalue weighted by Crippen LogP contribution is 2.20. The van der Waals surface area contributed by atoms with Gasteiger partial charge in [0.1, 0.15) is 0 Å². The van der Waals surface area contributed by atoms with Crippen LogP contribution in [0, 0.1) is 0 Å². The summed E-state index contributed by atoms with van der Waals surface area (Å²) in [6, 6.07) is 5.97. The predicted octanol–water partition coefficient (Wildman–Crippen LogP) is 0.995. The van der Waals surface area contributed by atoms with Crippen molar-refractivity contribution in [2.75, 3.05) is 44.7 Å². The highest BCUT2D eigenvalue weighted by molar-refractivity contribution is 5.83. The van der Waals surface area contributed by atoms with Crippen molar-refractivity contribution in [1.29, 1.82) is 0 Å². The molecule has 0 spiro atoms. The smallest absolute Gasteiger partial charge is 0.293 e. The summed E-state index contributed by atoms with van der Waals surface area (Å²) in [5, 5.41) is 0.685. The standard InChI is InChI=1S/C17H21N3O3/c1-19-5-7-20(8-6-19)14-2-3-16-15(10-14)17(22)13(11-18-16)4-9-23-12-21/h2-3,10-12H,4-9H2,1H3,(H,18,22). The Morgan fingerprint density at radius 1 is 1.26 bits per heavy atom. The number of fused-ring (bicyclic) bond motifs is 1. The molecular weight excluding hydrogens is 294 g/mol. The summed E-state index contributed by atoms with van der Waals surface area (Å²) in [4.78, 5) is 30.6. The fraction of sp³-hybridized carbons (Fsp3) is 0.412. The third-order valence-corrected chi connectivity index (χ3v) is 4.37. The van der Waals surface area contributed by atoms with E-state index in [9.17, 15) is 9.59 Å². The molecule has 2 heterocycles. The van der Waals surface area contributed by atoms with Crippen LogP contribution in [-0.2, 0) is 16.0 Å². The van der Waals surface area contributed by atoms with Gasteiger partial charge in [-0.3, -0.25) is 9.59 Å². The van der Waals surface area contributed by atoms with Crippen LogP contribution in [0.25, 0.3) is 10.9 Å². The SMILES string of the molecule is CN1CCN(c2ccc3[nH]cc(CCOC=O)c(=O)c3c2)CC1. The van der Waals surface area contributed by atoms with Crippen molar-refractivity contribution in [3.05, 3.63) is 40.2 Å². The summed E-state index contributed by atoms with van der Waals surface area (Å²) in [6.07, 6.45) is 2.12. The number of aromatic nitrogens is 1. The predicted molar refractivity (Wildman–Crippen MR) is 90.0 cm³/mol. The minimum atomic E-state index is 0.00391. The normalized spacial score (nSPS) is 15.8. The maximum atomic E-state index is 12.6. The average molecular weight is 315 g/mol. The number of hydrogen-bond acceptors (Lipinski definition) is 5. The van der Waals surface area contributed by atoms with Gasteiger partial charge in [-0.05, 0) is 25.2 Å². The van der Waals surface area contributed by atoms with Crippen molar-refractivity contribution >= 4 is 23.1 Å². The summed E-state index contributed by atoms with van der Waals surface area (Å²) in [6.45, 7) is 4.60. The minimum Gasteiger partial charge on any atom is -0.468 e. The van der Waals surface area contributed by atoms with Crippen molar-refractivity contribution < 1.29 is 9.53 Å². The van der Waals surface area contributed by atoms with Gasteiger partial charge in [-0.15, -0.1) is 0 Å². The monoisotopic (exact) mass is 315 g/mol. The van der Waals surface area contributed by atoms with Gasteiger partial charge in [0, 0.05) is 61.0 Å². The Morgan fingerprint density at radius 2 is 2.04 bits per heavy atom. The maximum absolute atomic E-state index is 12.6. The fourth-order valence-electron chi connectivity index (χ4n) is 2.91. The lowest BCUT2D eigenvalue weighted by Gasteiger charge is -2.34. The first-order valence-corrected chi connectivity index (χ1v) is 7.82. The average Bonchev–Trinajstić information content (AvgIpc) is 2.58. The molecule has 0 atom stereocenters. The number of carbonyl (C=O) groups is 1. The van der Waals surface area contributed by atoms with E-state index in [-0.39, 0.29) is 12.0 Å². The zero-order valence-electron chi connectivity index (χ0n) is 13.2. The summed E-state index contributed by atoms with van der Waals surface area (Å²) in [7, 11) is 2.12. The van der Waals surface area contributed by atoms with E-state index >= 15 is 0 Å². The Kier molecular flexibility index (Phi) is 4.62. The van der Waals surface area contributed by atoms with Crippen LogP contribution in [0.2, 0.25) is 0 Å². The summed E-state index contributed by atoms with van der Waals surface area (Å²) < 4.78 is 4.69. The molecule has 1 saturated heterocycles. The van der Waals surface area contributed by atoms with Gasteiger partial charge in [0.15, 0.2) is 5.43 Å². The highest BCUT2D eigenvalue weighted by atomic mass is 16.5. The Balaban J connectivity index is 1.89. The molecule has 6 nitrogen and oxygen atoms in total. The molecule has 3 rings (SSSR count). The van der Waals surface area contributed by atoms with Crippen LogP contribution in [0.5, 0.6) is 0 Å². The molecule has 0 saturated carbocycles. The number of pyridine rings is 1. The highest BCUT2D eigenvalue weighted by Gasteiger charge is 2.15. The zero-order chi connectivity index (χ0) is 16.2. The summed E-state index contributed by atoms with van der Waals surface area (Å²) >= 11 is 0. The first kappa shape index (κ1) is 15.6. The molecule has 6 heteroatoms. The van der Waals surface area contributed by atoms with E-state index in [4.69, 9.17) is 0 Å². The molecule has 23 heavy (non-hydrogen) atoms. The van der Waals surface area contributed by atoms with Crippen LogP contribution in [0.3, 0.4) is 0 Å². The van der Waals surface area contributed by atoms with Crippen molar-refractivity contribution in [3.63, 3.8) is 0 Å². The van der Waals surface area contributed by atoms with Gasteiger partial charge in [0.25, 0.3) is 6.47 Å². The number of H-pyrrole nitrogens is 1. The summed E-state index contributed by atoms with van der Waals surface area (Å²) in [5.41, 5.74) is 2.55. The molecule has 2 aromatic rings. The third kappa shape index (κ3) is 3.37. The van der Waals surface area contributed by atoms with Crippen LogP contribution < -0.4 is 10.3 Å². The van der Waals surface area contributed by atoms with Gasteiger partial charge in [-0.1, -0.05) is 0 Å². The topological polar surface area (TPSA) is 65.6 Å². The van der Waals surface area contributed by atoms with Crippen molar-refractivity contribution in [3.8, 4) is 0 Å². The molecule has 0 amide bonds. The summed E-state index contributed by atoms with van der Waals surface area (Å²) in [5.74, 6) is 0. The lowest BCUT2D eigenvalue weighted by molar-refractivity contribution is -0.128. The number of anilines is 1.